The van der Waals surface area contributed by atoms with Crippen molar-refractivity contribution in [1.29, 1.82) is 0 Å². The van der Waals surface area contributed by atoms with Crippen LogP contribution in [-0.4, -0.2) is 8.07 Å². The van der Waals surface area contributed by atoms with Gasteiger partial charge in [0.15, 0.2) is 0 Å². The maximum Gasteiger partial charge on any atom is 2.00 e. The van der Waals surface area contributed by atoms with E-state index in [-0.39, 0.29) is 16.8 Å². The molecule has 2 rings (SSSR count). The zero-order valence-corrected chi connectivity index (χ0v) is 13.1. The molecule has 0 aliphatic carbocycles. The fourth-order valence-electron chi connectivity index (χ4n) is 1.44. The first-order valence-corrected chi connectivity index (χ1v) is 9.22. The number of alkyl halides is 3. The summed E-state index contributed by atoms with van der Waals surface area (Å²) in [5.41, 5.74) is -0.581. The second kappa shape index (κ2) is 7.12. The Morgan fingerprint density at radius 3 is 1.37 bits per heavy atom. The predicted octanol–water partition coefficient (Wildman–Crippen LogP) is 4.37. The third kappa shape index (κ3) is 6.27. The number of halogens is 3. The minimum absolute atomic E-state index is 0. The van der Waals surface area contributed by atoms with Crippen LogP contribution in [0.5, 0.6) is 0 Å². The van der Waals surface area contributed by atoms with Gasteiger partial charge < -0.3 is 0 Å². The Morgan fingerprint density at radius 2 is 1.16 bits per heavy atom. The van der Waals surface area contributed by atoms with E-state index < -0.39 is 19.8 Å². The smallest absolute Gasteiger partial charge is 0.214 e. The quantitative estimate of drug-likeness (QED) is 0.538. The van der Waals surface area contributed by atoms with Gasteiger partial charge in [0.1, 0.15) is 0 Å². The molecule has 0 heterocycles. The molecule has 0 spiro atoms. The fourth-order valence-corrected chi connectivity index (χ4v) is 2.63. The maximum absolute atomic E-state index is 11.6. The molecule has 0 nitrogen and oxygen atoms in total. The van der Waals surface area contributed by atoms with Crippen LogP contribution < -0.4 is 5.19 Å². The second-order valence-corrected chi connectivity index (χ2v) is 10.2. The van der Waals surface area contributed by atoms with Gasteiger partial charge in [-0.05, 0) is 0 Å². The summed E-state index contributed by atoms with van der Waals surface area (Å²) in [6.07, 6.45) is -4.18. The van der Waals surface area contributed by atoms with Gasteiger partial charge in [0.2, 0.25) is 0 Å². The molecule has 2 aromatic rings. The summed E-state index contributed by atoms with van der Waals surface area (Å²) in [5, 5.41) is 1.56. The summed E-state index contributed by atoms with van der Waals surface area (Å²) in [4.78, 5) is 0. The zero-order valence-electron chi connectivity index (χ0n) is 11.1. The van der Waals surface area contributed by atoms with Gasteiger partial charge in [-0.1, -0.05) is 25.2 Å². The van der Waals surface area contributed by atoms with E-state index >= 15 is 0 Å². The Bertz CT molecular complexity index is 392. The van der Waals surface area contributed by atoms with Gasteiger partial charge in [0.25, 0.3) is 0 Å². The van der Waals surface area contributed by atoms with Crippen LogP contribution in [-0.2, 0) is 23.0 Å². The van der Waals surface area contributed by atoms with Crippen molar-refractivity contribution >= 4 is 13.3 Å². The Morgan fingerprint density at radius 1 is 0.789 bits per heavy atom. The zero-order chi connectivity index (χ0) is 13.8. The SMILES string of the molecule is C[Si](C)(C)[c-]1cccc1.FC(F)(F)[c-]1cccc1.[Co+2]. The van der Waals surface area contributed by atoms with Crippen LogP contribution in [0.15, 0.2) is 48.5 Å². The van der Waals surface area contributed by atoms with Crippen molar-refractivity contribution in [3.63, 3.8) is 0 Å². The number of hydrogen-bond acceptors (Lipinski definition) is 0. The Kier molecular flexibility index (Phi) is 6.82. The Hall–Kier alpha value is -0.787. The molecule has 0 unspecified atom stereocenters. The monoisotopic (exact) mass is 329 g/mol. The van der Waals surface area contributed by atoms with Crippen LogP contribution >= 0.6 is 0 Å². The Balaban J connectivity index is 0.000000324. The van der Waals surface area contributed by atoms with Crippen molar-refractivity contribution in [3.8, 4) is 0 Å². The molecule has 0 amide bonds. The van der Waals surface area contributed by atoms with Crippen LogP contribution in [0.25, 0.3) is 0 Å². The predicted molar refractivity (Wildman–Crippen MR) is 72.1 cm³/mol. The molecule has 0 aliphatic rings. The minimum atomic E-state index is -4.18. The average Bonchev–Trinajstić information content (AvgIpc) is 2.91. The van der Waals surface area contributed by atoms with Crippen LogP contribution in [0.3, 0.4) is 0 Å². The van der Waals surface area contributed by atoms with E-state index in [1.54, 1.807) is 5.19 Å². The van der Waals surface area contributed by atoms with Crippen molar-refractivity contribution in [2.24, 2.45) is 0 Å². The molecular formula is C14H17CoF3Si. The number of rotatable bonds is 1. The molecule has 5 heteroatoms. The fraction of sp³-hybridized carbons (Fsp3) is 0.286. The van der Waals surface area contributed by atoms with Crippen LogP contribution in [0.4, 0.5) is 13.2 Å². The second-order valence-electron chi connectivity index (χ2n) is 5.09. The van der Waals surface area contributed by atoms with Crippen LogP contribution in [0.1, 0.15) is 5.56 Å². The van der Waals surface area contributed by atoms with E-state index in [0.717, 1.165) is 12.1 Å². The van der Waals surface area contributed by atoms with Crippen molar-refractivity contribution in [1.82, 2.24) is 0 Å². The summed E-state index contributed by atoms with van der Waals surface area (Å²) in [5.74, 6) is 0. The summed E-state index contributed by atoms with van der Waals surface area (Å²) in [6.45, 7) is 7.09. The summed E-state index contributed by atoms with van der Waals surface area (Å²) >= 11 is 0. The first kappa shape index (κ1) is 18.2. The van der Waals surface area contributed by atoms with Gasteiger partial charge in [-0.15, -0.1) is 0 Å². The van der Waals surface area contributed by atoms with Crippen molar-refractivity contribution in [2.45, 2.75) is 25.8 Å². The molecule has 2 aromatic carbocycles. The molecule has 19 heavy (non-hydrogen) atoms. The van der Waals surface area contributed by atoms with Crippen molar-refractivity contribution < 1.29 is 30.0 Å². The van der Waals surface area contributed by atoms with E-state index in [4.69, 9.17) is 0 Å². The van der Waals surface area contributed by atoms with Gasteiger partial charge in [-0.2, -0.15) is 42.6 Å². The van der Waals surface area contributed by atoms with Gasteiger partial charge in [-0.25, -0.2) is 24.3 Å². The van der Waals surface area contributed by atoms with Gasteiger partial charge in [0.05, 0.1) is 0 Å². The molecule has 107 valence electrons. The minimum Gasteiger partial charge on any atom is -0.214 e. The van der Waals surface area contributed by atoms with Gasteiger partial charge >= 0.3 is 23.0 Å². The molecule has 0 bridgehead atoms. The van der Waals surface area contributed by atoms with Crippen LogP contribution in [0, 0.1) is 0 Å². The van der Waals surface area contributed by atoms with E-state index in [1.165, 1.54) is 12.1 Å². The normalized spacial score (nSPS) is 11.3. The molecule has 0 N–H and O–H groups in total. The third-order valence-electron chi connectivity index (χ3n) is 2.52. The molecule has 0 fully saturated rings. The van der Waals surface area contributed by atoms with Crippen LogP contribution in [0.2, 0.25) is 19.6 Å². The molecule has 0 aromatic heterocycles. The third-order valence-corrected chi connectivity index (χ3v) is 4.58. The summed E-state index contributed by atoms with van der Waals surface area (Å²) in [7, 11) is -0.981. The molecule has 1 radical (unpaired) electrons. The summed E-state index contributed by atoms with van der Waals surface area (Å²) < 4.78 is 34.9. The first-order valence-electron chi connectivity index (χ1n) is 5.72. The van der Waals surface area contributed by atoms with E-state index in [2.05, 4.69) is 43.9 Å². The largest absolute Gasteiger partial charge is 2.00 e. The Labute approximate surface area is 123 Å². The van der Waals surface area contributed by atoms with Gasteiger partial charge in [-0.3, -0.25) is 0 Å². The van der Waals surface area contributed by atoms with E-state index in [1.807, 2.05) is 0 Å². The molecule has 0 saturated heterocycles. The average molecular weight is 329 g/mol. The van der Waals surface area contributed by atoms with Gasteiger partial charge in [0, 0.05) is 8.07 Å². The van der Waals surface area contributed by atoms with Crippen molar-refractivity contribution in [2.75, 3.05) is 0 Å². The molecule has 0 atom stereocenters. The summed E-state index contributed by atoms with van der Waals surface area (Å²) in [6, 6.07) is 13.5. The van der Waals surface area contributed by atoms with Crippen molar-refractivity contribution in [3.05, 3.63) is 54.1 Å². The topological polar surface area (TPSA) is 0 Å². The molecule has 0 aliphatic heterocycles. The van der Waals surface area contributed by atoms with E-state index in [0.29, 0.717) is 0 Å². The molecule has 0 saturated carbocycles. The first-order chi connectivity index (χ1) is 8.21. The maximum atomic E-state index is 11.6. The standard InChI is InChI=1S/C8H13Si.C6H4F3.Co/c1-9(2,3)8-6-4-5-7-8;7-6(8,9)5-3-1-2-4-5;/h4-7H,1-3H3;1-4H;/q2*-1;+2. The molecular weight excluding hydrogens is 312 g/mol. The van der Waals surface area contributed by atoms with E-state index in [9.17, 15) is 13.2 Å². The number of hydrogen-bond donors (Lipinski definition) is 0.